The number of nitrogens with zero attached hydrogens (tertiary/aromatic N) is 3. The highest BCUT2D eigenvalue weighted by molar-refractivity contribution is 5.91. The summed E-state index contributed by atoms with van der Waals surface area (Å²) in [6, 6.07) is 9.48. The molecule has 0 saturated carbocycles. The van der Waals surface area contributed by atoms with E-state index in [2.05, 4.69) is 15.6 Å². The number of unbranched alkanes of at least 4 members (excludes halogenated alkanes) is 4. The number of hydrogen-bond acceptors (Lipinski definition) is 4. The lowest BCUT2D eigenvalue weighted by atomic mass is 10.1. The van der Waals surface area contributed by atoms with Crippen LogP contribution in [0.5, 0.6) is 0 Å². The molecule has 0 aliphatic heterocycles. The van der Waals surface area contributed by atoms with E-state index in [1.165, 1.54) is 0 Å². The summed E-state index contributed by atoms with van der Waals surface area (Å²) in [6.45, 7) is 0.579. The van der Waals surface area contributed by atoms with Crippen LogP contribution in [0.2, 0.25) is 0 Å². The summed E-state index contributed by atoms with van der Waals surface area (Å²) < 4.78 is 1.57. The van der Waals surface area contributed by atoms with Crippen LogP contribution in [0.3, 0.4) is 0 Å². The van der Waals surface area contributed by atoms with E-state index in [1.54, 1.807) is 10.9 Å². The largest absolute Gasteiger partial charge is 0.481 e. The Kier molecular flexibility index (Phi) is 6.94. The van der Waals surface area contributed by atoms with Crippen LogP contribution in [0, 0.1) is 0 Å². The predicted octanol–water partition coefficient (Wildman–Crippen LogP) is 2.42. The van der Waals surface area contributed by atoms with Crippen LogP contribution >= 0.6 is 0 Å². The predicted molar refractivity (Wildman–Crippen MR) is 89.0 cm³/mol. The number of aromatic nitrogens is 3. The van der Waals surface area contributed by atoms with Crippen LogP contribution in [0.1, 0.15) is 49.0 Å². The van der Waals surface area contributed by atoms with Crippen molar-refractivity contribution in [3.8, 4) is 5.69 Å². The first-order valence-electron chi connectivity index (χ1n) is 8.14. The fourth-order valence-corrected chi connectivity index (χ4v) is 2.30. The summed E-state index contributed by atoms with van der Waals surface area (Å²) in [4.78, 5) is 22.4. The molecule has 0 unspecified atom stereocenters. The molecule has 7 nitrogen and oxygen atoms in total. The van der Waals surface area contributed by atoms with E-state index in [4.69, 9.17) is 5.11 Å². The second-order valence-electron chi connectivity index (χ2n) is 5.55. The van der Waals surface area contributed by atoms with Crippen molar-refractivity contribution in [3.63, 3.8) is 0 Å². The Hall–Kier alpha value is -2.70. The van der Waals surface area contributed by atoms with E-state index < -0.39 is 5.97 Å². The maximum absolute atomic E-state index is 12.0. The number of para-hydroxylation sites is 1. The van der Waals surface area contributed by atoms with Gasteiger partial charge in [0.25, 0.3) is 5.91 Å². The monoisotopic (exact) mass is 330 g/mol. The zero-order valence-electron chi connectivity index (χ0n) is 13.5. The minimum atomic E-state index is -0.745. The molecule has 1 aromatic carbocycles. The molecule has 2 aromatic rings. The summed E-state index contributed by atoms with van der Waals surface area (Å²) in [6.07, 6.45) is 6.27. The second kappa shape index (κ2) is 9.44. The first-order valence-corrected chi connectivity index (χ1v) is 8.14. The number of amides is 1. The molecule has 0 atom stereocenters. The van der Waals surface area contributed by atoms with Gasteiger partial charge in [0.15, 0.2) is 5.69 Å². The number of carbonyl (C=O) groups is 2. The molecule has 0 aliphatic carbocycles. The molecule has 7 heteroatoms. The maximum atomic E-state index is 12.0. The van der Waals surface area contributed by atoms with Crippen LogP contribution < -0.4 is 5.32 Å². The lowest BCUT2D eigenvalue weighted by Gasteiger charge is -2.03. The second-order valence-corrected chi connectivity index (χ2v) is 5.55. The fourth-order valence-electron chi connectivity index (χ4n) is 2.30. The van der Waals surface area contributed by atoms with Crippen molar-refractivity contribution in [2.75, 3.05) is 6.54 Å². The smallest absolute Gasteiger partial charge is 0.303 e. The standard InChI is InChI=1S/C17H22N4O3/c22-16(23)11-7-2-1-3-8-12-18-17(24)15-13-21(20-19-15)14-9-5-4-6-10-14/h4-6,9-10,13H,1-3,7-8,11-12H2,(H,18,24)(H,22,23). The van der Waals surface area contributed by atoms with Gasteiger partial charge < -0.3 is 10.4 Å². The summed E-state index contributed by atoms with van der Waals surface area (Å²) in [5.41, 5.74) is 1.14. The van der Waals surface area contributed by atoms with Crippen LogP contribution in [-0.2, 0) is 4.79 Å². The highest BCUT2D eigenvalue weighted by Crippen LogP contribution is 2.06. The fraction of sp³-hybridized carbons (Fsp3) is 0.412. The number of rotatable bonds is 10. The van der Waals surface area contributed by atoms with Crippen LogP contribution in [0.4, 0.5) is 0 Å². The van der Waals surface area contributed by atoms with Crippen molar-refractivity contribution in [2.24, 2.45) is 0 Å². The zero-order chi connectivity index (χ0) is 17.2. The highest BCUT2D eigenvalue weighted by atomic mass is 16.4. The Bertz CT molecular complexity index is 655. The van der Waals surface area contributed by atoms with Gasteiger partial charge in [0.2, 0.25) is 0 Å². The number of carboxylic acid groups (broad SMARTS) is 1. The van der Waals surface area contributed by atoms with E-state index in [0.717, 1.165) is 31.4 Å². The summed E-state index contributed by atoms with van der Waals surface area (Å²) in [5, 5.41) is 19.2. The Morgan fingerprint density at radius 2 is 1.75 bits per heavy atom. The first-order chi connectivity index (χ1) is 11.7. The first kappa shape index (κ1) is 17.7. The van der Waals surface area contributed by atoms with Gasteiger partial charge in [-0.1, -0.05) is 42.7 Å². The molecule has 2 rings (SSSR count). The maximum Gasteiger partial charge on any atom is 0.303 e. The van der Waals surface area contributed by atoms with Crippen molar-refractivity contribution < 1.29 is 14.7 Å². The van der Waals surface area contributed by atoms with Crippen molar-refractivity contribution in [3.05, 3.63) is 42.2 Å². The molecular weight excluding hydrogens is 308 g/mol. The lowest BCUT2D eigenvalue weighted by molar-refractivity contribution is -0.137. The molecule has 0 saturated heterocycles. The van der Waals surface area contributed by atoms with Gasteiger partial charge >= 0.3 is 5.97 Å². The van der Waals surface area contributed by atoms with Gasteiger partial charge in [0.05, 0.1) is 11.9 Å². The Morgan fingerprint density at radius 1 is 1.04 bits per heavy atom. The van der Waals surface area contributed by atoms with E-state index in [0.29, 0.717) is 18.7 Å². The SMILES string of the molecule is O=C(O)CCCCCCCNC(=O)c1cn(-c2ccccc2)nn1. The lowest BCUT2D eigenvalue weighted by Crippen LogP contribution is -2.24. The molecule has 1 amide bonds. The molecule has 0 aliphatic rings. The molecule has 2 N–H and O–H groups in total. The van der Waals surface area contributed by atoms with Crippen molar-refractivity contribution in [1.29, 1.82) is 0 Å². The minimum Gasteiger partial charge on any atom is -0.481 e. The molecule has 0 radical (unpaired) electrons. The van der Waals surface area contributed by atoms with Crippen LogP contribution in [0.25, 0.3) is 5.69 Å². The molecule has 24 heavy (non-hydrogen) atoms. The number of hydrogen-bond donors (Lipinski definition) is 2. The summed E-state index contributed by atoms with van der Waals surface area (Å²) in [7, 11) is 0. The van der Waals surface area contributed by atoms with E-state index in [1.807, 2.05) is 30.3 Å². The topological polar surface area (TPSA) is 97.1 Å². The van der Waals surface area contributed by atoms with Crippen molar-refractivity contribution in [1.82, 2.24) is 20.3 Å². The molecule has 0 bridgehead atoms. The van der Waals surface area contributed by atoms with Gasteiger partial charge in [0, 0.05) is 13.0 Å². The Balaban J connectivity index is 1.65. The Morgan fingerprint density at radius 3 is 2.50 bits per heavy atom. The van der Waals surface area contributed by atoms with Crippen LogP contribution in [-0.4, -0.2) is 38.5 Å². The van der Waals surface area contributed by atoms with Gasteiger partial charge in [-0.25, -0.2) is 4.68 Å². The number of aliphatic carboxylic acids is 1. The summed E-state index contributed by atoms with van der Waals surface area (Å²) in [5.74, 6) is -0.978. The summed E-state index contributed by atoms with van der Waals surface area (Å²) >= 11 is 0. The van der Waals surface area contributed by atoms with E-state index in [9.17, 15) is 9.59 Å². The average molecular weight is 330 g/mol. The number of carbonyl (C=O) groups excluding carboxylic acids is 1. The highest BCUT2D eigenvalue weighted by Gasteiger charge is 2.10. The molecule has 1 aromatic heterocycles. The third-order valence-corrected chi connectivity index (χ3v) is 3.60. The number of nitrogens with one attached hydrogen (secondary N) is 1. The molecule has 128 valence electrons. The molecule has 1 heterocycles. The van der Waals surface area contributed by atoms with E-state index >= 15 is 0 Å². The Labute approximate surface area is 140 Å². The van der Waals surface area contributed by atoms with Crippen LogP contribution in [0.15, 0.2) is 36.5 Å². The van der Waals surface area contributed by atoms with Gasteiger partial charge in [-0.3, -0.25) is 9.59 Å². The van der Waals surface area contributed by atoms with Gasteiger partial charge in [0.1, 0.15) is 0 Å². The molecule has 0 fully saturated rings. The van der Waals surface area contributed by atoms with Crippen molar-refractivity contribution >= 4 is 11.9 Å². The van der Waals surface area contributed by atoms with Crippen molar-refractivity contribution in [2.45, 2.75) is 38.5 Å². The van der Waals surface area contributed by atoms with Gasteiger partial charge in [-0.2, -0.15) is 0 Å². The third-order valence-electron chi connectivity index (χ3n) is 3.60. The zero-order valence-corrected chi connectivity index (χ0v) is 13.5. The third kappa shape index (κ3) is 5.83. The normalized spacial score (nSPS) is 10.5. The number of benzene rings is 1. The average Bonchev–Trinajstić information content (AvgIpc) is 3.08. The quantitative estimate of drug-likeness (QED) is 0.652. The van der Waals surface area contributed by atoms with Gasteiger partial charge in [-0.05, 0) is 25.0 Å². The number of carboxylic acids is 1. The van der Waals surface area contributed by atoms with Gasteiger partial charge in [-0.15, -0.1) is 5.10 Å². The minimum absolute atomic E-state index is 0.230. The molecular formula is C17H22N4O3. The molecule has 0 spiro atoms. The van der Waals surface area contributed by atoms with E-state index in [-0.39, 0.29) is 12.3 Å².